The van der Waals surface area contributed by atoms with Gasteiger partial charge >= 0.3 is 6.03 Å². The van der Waals surface area contributed by atoms with Crippen molar-refractivity contribution < 1.29 is 33.3 Å². The van der Waals surface area contributed by atoms with Crippen LogP contribution in [0.2, 0.25) is 0 Å². The fraction of sp³-hybridized carbons (Fsp3) is 0.429. The number of carbonyl (C=O) groups is 1. The Morgan fingerprint density at radius 2 is 2.08 bits per heavy atom. The minimum absolute atomic E-state index is 0. The van der Waals surface area contributed by atoms with Gasteiger partial charge in [0.25, 0.3) is 6.33 Å². The summed E-state index contributed by atoms with van der Waals surface area (Å²) < 4.78 is 3.35. The predicted octanol–water partition coefficient (Wildman–Crippen LogP) is -3.15. The van der Waals surface area contributed by atoms with Gasteiger partial charge < -0.3 is 28.9 Å². The Labute approximate surface area is 88.8 Å². The third-order valence-corrected chi connectivity index (χ3v) is 1.37. The first-order valence-electron chi connectivity index (χ1n) is 3.36. The molecule has 1 rings (SSSR count). The Hall–Kier alpha value is -0.590. The van der Waals surface area contributed by atoms with Crippen LogP contribution in [0.4, 0.5) is 4.79 Å². The molecule has 0 saturated heterocycles. The molecule has 12 heavy (non-hydrogen) atoms. The van der Waals surface area contributed by atoms with Crippen molar-refractivity contribution in [2.45, 2.75) is 0 Å². The molecule has 1 heterocycles. The average Bonchev–Trinajstić information content (AvgIpc) is 2.34. The average molecular weight is 281 g/mol. The van der Waals surface area contributed by atoms with Gasteiger partial charge in [-0.1, -0.05) is 0 Å². The van der Waals surface area contributed by atoms with Crippen LogP contribution in [0.25, 0.3) is 0 Å². The Kier molecular flexibility index (Phi) is 4.22. The zero-order chi connectivity index (χ0) is 8.43. The molecule has 0 saturated carbocycles. The number of carbonyl (C=O) groups excluding carboxylic acids is 1. The summed E-state index contributed by atoms with van der Waals surface area (Å²) in [6.07, 6.45) is 5.27. The molecule has 1 aromatic rings. The minimum Gasteiger partial charge on any atom is -1.00 e. The number of aromatic nitrogens is 2. The second-order valence-electron chi connectivity index (χ2n) is 2.66. The SMILES string of the molecule is CN(C)C(=O)n1cc[n+](C)c1.[I-]. The molecule has 4 nitrogen and oxygen atoms in total. The smallest absolute Gasteiger partial charge is 0.415 e. The second-order valence-corrected chi connectivity index (χ2v) is 2.66. The molecule has 0 spiro atoms. The maximum atomic E-state index is 11.2. The van der Waals surface area contributed by atoms with E-state index in [2.05, 4.69) is 0 Å². The lowest BCUT2D eigenvalue weighted by molar-refractivity contribution is -0.670. The molecule has 0 aliphatic heterocycles. The van der Waals surface area contributed by atoms with Crippen LogP contribution in [0.15, 0.2) is 18.7 Å². The maximum Gasteiger partial charge on any atom is 0.415 e. The van der Waals surface area contributed by atoms with Crippen LogP contribution in [-0.4, -0.2) is 29.6 Å². The molecule has 0 bridgehead atoms. The number of amides is 1. The van der Waals surface area contributed by atoms with Crippen molar-refractivity contribution in [2.75, 3.05) is 14.1 Å². The molecule has 0 unspecified atom stereocenters. The molecule has 0 aromatic carbocycles. The number of imidazole rings is 1. The molecule has 0 radical (unpaired) electrons. The third kappa shape index (κ3) is 2.47. The normalized spacial score (nSPS) is 8.92. The molecule has 1 aromatic heterocycles. The summed E-state index contributed by atoms with van der Waals surface area (Å²) in [6.45, 7) is 0. The molecule has 5 heteroatoms. The molecular weight excluding hydrogens is 269 g/mol. The van der Waals surface area contributed by atoms with E-state index in [-0.39, 0.29) is 30.0 Å². The molecule has 0 fully saturated rings. The first-order chi connectivity index (χ1) is 5.11. The van der Waals surface area contributed by atoms with Gasteiger partial charge in [0, 0.05) is 14.1 Å². The molecule has 0 N–H and O–H groups in total. The highest BCUT2D eigenvalue weighted by Gasteiger charge is 2.12. The molecule has 68 valence electrons. The van der Waals surface area contributed by atoms with Gasteiger partial charge in [-0.2, -0.15) is 4.57 Å². The van der Waals surface area contributed by atoms with Crippen LogP contribution in [0.1, 0.15) is 0 Å². The van der Waals surface area contributed by atoms with E-state index in [0.29, 0.717) is 0 Å². The zero-order valence-electron chi connectivity index (χ0n) is 7.36. The predicted molar refractivity (Wildman–Crippen MR) is 40.1 cm³/mol. The van der Waals surface area contributed by atoms with Crippen LogP contribution in [0, 0.1) is 0 Å². The Bertz CT molecular complexity index is 269. The second kappa shape index (κ2) is 4.44. The number of rotatable bonds is 0. The lowest BCUT2D eigenvalue weighted by Gasteiger charge is -2.03. The van der Waals surface area contributed by atoms with E-state index in [9.17, 15) is 4.79 Å². The number of nitrogens with zero attached hydrogens (tertiary/aromatic N) is 3. The zero-order valence-corrected chi connectivity index (χ0v) is 9.52. The molecule has 0 aliphatic rings. The van der Waals surface area contributed by atoms with Crippen LogP contribution >= 0.6 is 0 Å². The van der Waals surface area contributed by atoms with Crippen molar-refractivity contribution in [3.05, 3.63) is 18.7 Å². The highest BCUT2D eigenvalue weighted by atomic mass is 127. The topological polar surface area (TPSA) is 29.1 Å². The van der Waals surface area contributed by atoms with E-state index >= 15 is 0 Å². The molecular formula is C7H12IN3O. The van der Waals surface area contributed by atoms with Gasteiger partial charge in [0.05, 0.1) is 7.05 Å². The third-order valence-electron chi connectivity index (χ3n) is 1.37. The number of aryl methyl sites for hydroxylation is 1. The monoisotopic (exact) mass is 281 g/mol. The lowest BCUT2D eigenvalue weighted by atomic mass is 10.8. The first kappa shape index (κ1) is 11.4. The van der Waals surface area contributed by atoms with Crippen LogP contribution in [-0.2, 0) is 7.05 Å². The van der Waals surface area contributed by atoms with E-state index in [0.717, 1.165) is 0 Å². The van der Waals surface area contributed by atoms with Gasteiger partial charge in [0.2, 0.25) is 0 Å². The Morgan fingerprint density at radius 1 is 1.50 bits per heavy atom. The summed E-state index contributed by atoms with van der Waals surface area (Å²) in [5.41, 5.74) is 0. The summed E-state index contributed by atoms with van der Waals surface area (Å²) in [6, 6.07) is -0.0365. The molecule has 0 aliphatic carbocycles. The fourth-order valence-corrected chi connectivity index (χ4v) is 0.794. The molecule has 0 atom stereocenters. The van der Waals surface area contributed by atoms with Gasteiger partial charge in [0.15, 0.2) is 0 Å². The lowest BCUT2D eigenvalue weighted by Crippen LogP contribution is -3.00. The summed E-state index contributed by atoms with van der Waals surface area (Å²) in [7, 11) is 5.32. The Balaban J connectivity index is 0.00000121. The van der Waals surface area contributed by atoms with Crippen LogP contribution < -0.4 is 28.5 Å². The molecule has 1 amide bonds. The first-order valence-corrected chi connectivity index (χ1v) is 3.36. The van der Waals surface area contributed by atoms with E-state index in [4.69, 9.17) is 0 Å². The van der Waals surface area contributed by atoms with E-state index in [1.807, 2.05) is 17.8 Å². The van der Waals surface area contributed by atoms with Crippen molar-refractivity contribution >= 4 is 6.03 Å². The maximum absolute atomic E-state index is 11.2. The van der Waals surface area contributed by atoms with E-state index < -0.39 is 0 Å². The summed E-state index contributed by atoms with van der Waals surface area (Å²) in [5, 5.41) is 0. The summed E-state index contributed by atoms with van der Waals surface area (Å²) in [5.74, 6) is 0. The van der Waals surface area contributed by atoms with Crippen molar-refractivity contribution in [1.82, 2.24) is 9.47 Å². The van der Waals surface area contributed by atoms with Crippen molar-refractivity contribution in [3.63, 3.8) is 0 Å². The number of hydrogen-bond acceptors (Lipinski definition) is 1. The van der Waals surface area contributed by atoms with E-state index in [1.165, 1.54) is 9.47 Å². The van der Waals surface area contributed by atoms with Crippen molar-refractivity contribution in [2.24, 2.45) is 7.05 Å². The highest BCUT2D eigenvalue weighted by Crippen LogP contribution is 1.87. The largest absolute Gasteiger partial charge is 1.00 e. The van der Waals surface area contributed by atoms with Crippen molar-refractivity contribution in [1.29, 1.82) is 0 Å². The van der Waals surface area contributed by atoms with Gasteiger partial charge in [-0.05, 0) is 0 Å². The fourth-order valence-electron chi connectivity index (χ4n) is 0.794. The van der Waals surface area contributed by atoms with Gasteiger partial charge in [0.1, 0.15) is 12.4 Å². The van der Waals surface area contributed by atoms with Crippen LogP contribution in [0.3, 0.4) is 0 Å². The van der Waals surface area contributed by atoms with Gasteiger partial charge in [-0.15, -0.1) is 0 Å². The van der Waals surface area contributed by atoms with E-state index in [1.54, 1.807) is 26.6 Å². The van der Waals surface area contributed by atoms with Crippen molar-refractivity contribution in [3.8, 4) is 0 Å². The Morgan fingerprint density at radius 3 is 2.42 bits per heavy atom. The summed E-state index contributed by atoms with van der Waals surface area (Å²) >= 11 is 0. The quantitative estimate of drug-likeness (QED) is 0.365. The number of halogens is 1. The van der Waals surface area contributed by atoms with Gasteiger partial charge in [-0.3, -0.25) is 0 Å². The number of hydrogen-bond donors (Lipinski definition) is 0. The van der Waals surface area contributed by atoms with Gasteiger partial charge in [-0.25, -0.2) is 9.36 Å². The standard InChI is InChI=1S/C7H12N3O.HI/c1-8(2)7(11)10-5-4-9(3)6-10;/h4-6H,1-3H3;1H/q+1;/p-1. The minimum atomic E-state index is -0.0365. The van der Waals surface area contributed by atoms with Crippen LogP contribution in [0.5, 0.6) is 0 Å². The summed E-state index contributed by atoms with van der Waals surface area (Å²) in [4.78, 5) is 12.8. The highest BCUT2D eigenvalue weighted by molar-refractivity contribution is 5.75.